The summed E-state index contributed by atoms with van der Waals surface area (Å²) in [5.74, 6) is 0. The fourth-order valence-corrected chi connectivity index (χ4v) is 3.49. The molecule has 0 saturated heterocycles. The van der Waals surface area contributed by atoms with Crippen molar-refractivity contribution in [1.29, 1.82) is 0 Å². The van der Waals surface area contributed by atoms with E-state index in [1.807, 2.05) is 28.0 Å². The first-order chi connectivity index (χ1) is 14.1. The van der Waals surface area contributed by atoms with Crippen molar-refractivity contribution in [3.05, 3.63) is 84.6 Å². The van der Waals surface area contributed by atoms with Gasteiger partial charge in [-0.2, -0.15) is 5.10 Å². The highest BCUT2D eigenvalue weighted by molar-refractivity contribution is 5.64. The van der Waals surface area contributed by atoms with Crippen LogP contribution >= 0.6 is 0 Å². The van der Waals surface area contributed by atoms with Crippen molar-refractivity contribution in [3.63, 3.8) is 0 Å². The molecule has 0 fully saturated rings. The molecule has 0 saturated carbocycles. The van der Waals surface area contributed by atoms with Crippen molar-refractivity contribution in [3.8, 4) is 22.6 Å². The SMILES string of the molecule is CC(C)(C)c1cc(-c2ccn(-c3cccc(C(C)(C)C)c3)n2)cc(-n2ccnc2)c1. The molecule has 154 valence electrons. The largest absolute Gasteiger partial charge is 0.306 e. The number of nitrogens with zero attached hydrogens (tertiary/aromatic N) is 4. The lowest BCUT2D eigenvalue weighted by Gasteiger charge is -2.21. The van der Waals surface area contributed by atoms with E-state index >= 15 is 0 Å². The molecule has 0 aliphatic rings. The second kappa shape index (κ2) is 7.28. The Hall–Kier alpha value is -3.14. The highest BCUT2D eigenvalue weighted by Gasteiger charge is 2.18. The minimum atomic E-state index is 0.0367. The molecule has 2 aromatic heterocycles. The van der Waals surface area contributed by atoms with Gasteiger partial charge >= 0.3 is 0 Å². The molecule has 0 amide bonds. The van der Waals surface area contributed by atoms with Gasteiger partial charge in [-0.1, -0.05) is 53.7 Å². The molecule has 0 aliphatic carbocycles. The zero-order valence-corrected chi connectivity index (χ0v) is 18.7. The van der Waals surface area contributed by atoms with Crippen molar-refractivity contribution < 1.29 is 0 Å². The van der Waals surface area contributed by atoms with Crippen molar-refractivity contribution >= 4 is 0 Å². The lowest BCUT2D eigenvalue weighted by molar-refractivity contribution is 0.589. The van der Waals surface area contributed by atoms with Crippen molar-refractivity contribution in [2.45, 2.75) is 52.4 Å². The molecule has 4 aromatic rings. The predicted molar refractivity (Wildman–Crippen MR) is 124 cm³/mol. The highest BCUT2D eigenvalue weighted by atomic mass is 15.3. The Kier molecular flexibility index (Phi) is 4.89. The van der Waals surface area contributed by atoms with E-state index in [9.17, 15) is 0 Å². The maximum Gasteiger partial charge on any atom is 0.0991 e. The molecule has 4 nitrogen and oxygen atoms in total. The first-order valence-electron chi connectivity index (χ1n) is 10.4. The van der Waals surface area contributed by atoms with E-state index in [0.29, 0.717) is 0 Å². The third-order valence-corrected chi connectivity index (χ3v) is 5.45. The summed E-state index contributed by atoms with van der Waals surface area (Å²) in [5.41, 5.74) is 6.96. The van der Waals surface area contributed by atoms with E-state index in [1.165, 1.54) is 11.1 Å². The minimum Gasteiger partial charge on any atom is -0.306 e. The Morgan fingerprint density at radius 2 is 1.47 bits per heavy atom. The summed E-state index contributed by atoms with van der Waals surface area (Å²) in [6.45, 7) is 13.4. The quantitative estimate of drug-likeness (QED) is 0.405. The molecule has 0 N–H and O–H groups in total. The third-order valence-electron chi connectivity index (χ3n) is 5.45. The molecule has 0 spiro atoms. The maximum atomic E-state index is 4.91. The average molecular weight is 399 g/mol. The predicted octanol–water partition coefficient (Wildman–Crippen LogP) is 6.32. The van der Waals surface area contributed by atoms with Gasteiger partial charge in [-0.05, 0) is 58.4 Å². The Balaban J connectivity index is 1.77. The summed E-state index contributed by atoms with van der Waals surface area (Å²) in [6.07, 6.45) is 7.66. The Labute approximate surface area is 179 Å². The first kappa shape index (κ1) is 20.1. The van der Waals surface area contributed by atoms with Crippen molar-refractivity contribution in [2.75, 3.05) is 0 Å². The third kappa shape index (κ3) is 4.09. The standard InChI is InChI=1S/C26H30N4/c1-25(2,3)20-8-7-9-22(16-20)30-12-10-24(28-30)19-14-21(26(4,5)6)17-23(15-19)29-13-11-27-18-29/h7-18H,1-6H3. The molecular weight excluding hydrogens is 368 g/mol. The molecule has 0 atom stereocenters. The van der Waals surface area contributed by atoms with Crippen LogP contribution in [0, 0.1) is 0 Å². The number of imidazole rings is 1. The van der Waals surface area contributed by atoms with Gasteiger partial charge in [0.2, 0.25) is 0 Å². The smallest absolute Gasteiger partial charge is 0.0991 e. The van der Waals surface area contributed by atoms with Crippen LogP contribution in [0.3, 0.4) is 0 Å². The van der Waals surface area contributed by atoms with Crippen LogP contribution in [0.25, 0.3) is 22.6 Å². The van der Waals surface area contributed by atoms with E-state index in [-0.39, 0.29) is 10.8 Å². The fourth-order valence-electron chi connectivity index (χ4n) is 3.49. The second-order valence-electron chi connectivity index (χ2n) is 9.93. The Morgan fingerprint density at radius 1 is 0.733 bits per heavy atom. The first-order valence-corrected chi connectivity index (χ1v) is 10.4. The van der Waals surface area contributed by atoms with Gasteiger partial charge in [0.15, 0.2) is 0 Å². The fraction of sp³-hybridized carbons (Fsp3) is 0.308. The normalized spacial score (nSPS) is 12.3. The van der Waals surface area contributed by atoms with E-state index in [1.54, 1.807) is 6.20 Å². The number of benzene rings is 2. The summed E-state index contributed by atoms with van der Waals surface area (Å²) < 4.78 is 4.01. The van der Waals surface area contributed by atoms with Gasteiger partial charge < -0.3 is 4.57 Å². The zero-order chi connectivity index (χ0) is 21.5. The monoisotopic (exact) mass is 398 g/mol. The van der Waals surface area contributed by atoms with Crippen LogP contribution in [0.4, 0.5) is 0 Å². The number of hydrogen-bond acceptors (Lipinski definition) is 2. The van der Waals surface area contributed by atoms with Crippen LogP contribution in [0.15, 0.2) is 73.4 Å². The molecule has 4 rings (SSSR count). The summed E-state index contributed by atoms with van der Waals surface area (Å²) in [4.78, 5) is 4.21. The highest BCUT2D eigenvalue weighted by Crippen LogP contribution is 2.31. The Bertz CT molecular complexity index is 1150. The molecule has 30 heavy (non-hydrogen) atoms. The molecule has 0 bridgehead atoms. The van der Waals surface area contributed by atoms with Crippen LogP contribution in [0.5, 0.6) is 0 Å². The molecule has 0 aliphatic heterocycles. The molecule has 4 heteroatoms. The summed E-state index contributed by atoms with van der Waals surface area (Å²) >= 11 is 0. The number of aromatic nitrogens is 4. The van der Waals surface area contributed by atoms with E-state index in [2.05, 4.69) is 95.1 Å². The van der Waals surface area contributed by atoms with Gasteiger partial charge in [-0.25, -0.2) is 9.67 Å². The summed E-state index contributed by atoms with van der Waals surface area (Å²) in [6, 6.07) is 17.4. The zero-order valence-electron chi connectivity index (χ0n) is 18.7. The van der Waals surface area contributed by atoms with Gasteiger partial charge in [0, 0.05) is 29.8 Å². The molecule has 0 radical (unpaired) electrons. The molecule has 0 unspecified atom stereocenters. The van der Waals surface area contributed by atoms with E-state index < -0.39 is 0 Å². The summed E-state index contributed by atoms with van der Waals surface area (Å²) in [5, 5.41) is 4.91. The number of rotatable bonds is 3. The topological polar surface area (TPSA) is 35.6 Å². The van der Waals surface area contributed by atoms with Gasteiger partial charge in [0.1, 0.15) is 0 Å². The number of hydrogen-bond donors (Lipinski definition) is 0. The van der Waals surface area contributed by atoms with Gasteiger partial charge in [-0.15, -0.1) is 0 Å². The van der Waals surface area contributed by atoms with Gasteiger partial charge in [-0.3, -0.25) is 0 Å². The molecular formula is C26H30N4. The van der Waals surface area contributed by atoms with Crippen LogP contribution in [0.1, 0.15) is 52.7 Å². The van der Waals surface area contributed by atoms with E-state index in [4.69, 9.17) is 5.10 Å². The lowest BCUT2D eigenvalue weighted by Crippen LogP contribution is -2.12. The average Bonchev–Trinajstić information content (AvgIpc) is 3.39. The second-order valence-corrected chi connectivity index (χ2v) is 9.93. The summed E-state index contributed by atoms with van der Waals surface area (Å²) in [7, 11) is 0. The van der Waals surface area contributed by atoms with Crippen LogP contribution in [-0.4, -0.2) is 19.3 Å². The maximum absolute atomic E-state index is 4.91. The van der Waals surface area contributed by atoms with Crippen molar-refractivity contribution in [1.82, 2.24) is 19.3 Å². The van der Waals surface area contributed by atoms with Crippen LogP contribution in [-0.2, 0) is 10.8 Å². The van der Waals surface area contributed by atoms with Crippen molar-refractivity contribution in [2.24, 2.45) is 0 Å². The lowest BCUT2D eigenvalue weighted by atomic mass is 9.85. The van der Waals surface area contributed by atoms with Crippen LogP contribution in [0.2, 0.25) is 0 Å². The van der Waals surface area contributed by atoms with E-state index in [0.717, 1.165) is 22.6 Å². The van der Waals surface area contributed by atoms with Crippen LogP contribution < -0.4 is 0 Å². The van der Waals surface area contributed by atoms with Gasteiger partial charge in [0.25, 0.3) is 0 Å². The van der Waals surface area contributed by atoms with Gasteiger partial charge in [0.05, 0.1) is 17.7 Å². The molecule has 2 heterocycles. The minimum absolute atomic E-state index is 0.0367. The Morgan fingerprint density at radius 3 is 2.13 bits per heavy atom. The molecule has 2 aromatic carbocycles.